The molecule has 0 radical (unpaired) electrons. The summed E-state index contributed by atoms with van der Waals surface area (Å²) >= 11 is 11.7. The minimum atomic E-state index is -0.340. The second-order valence-corrected chi connectivity index (χ2v) is 4.85. The molecule has 0 bridgehead atoms. The summed E-state index contributed by atoms with van der Waals surface area (Å²) in [5.41, 5.74) is 0.568. The molecule has 94 valence electrons. The number of benzene rings is 1. The van der Waals surface area contributed by atoms with Gasteiger partial charge < -0.3 is 10.2 Å². The minimum Gasteiger partial charge on any atom is -0.308 e. The fourth-order valence-electron chi connectivity index (χ4n) is 1.91. The fourth-order valence-corrected chi connectivity index (χ4v) is 2.21. The van der Waals surface area contributed by atoms with Crippen LogP contribution in [-0.4, -0.2) is 23.5 Å². The van der Waals surface area contributed by atoms with Crippen LogP contribution in [0.1, 0.15) is 12.8 Å². The molecular formula is C12H11Cl2N3O. The summed E-state index contributed by atoms with van der Waals surface area (Å²) in [5.74, 6) is 0. The Bertz CT molecular complexity index is 513. The van der Waals surface area contributed by atoms with Gasteiger partial charge >= 0.3 is 6.03 Å². The Morgan fingerprint density at radius 1 is 1.44 bits per heavy atom. The van der Waals surface area contributed by atoms with Crippen molar-refractivity contribution in [2.45, 2.75) is 18.9 Å². The van der Waals surface area contributed by atoms with Crippen molar-refractivity contribution in [1.82, 2.24) is 4.90 Å². The van der Waals surface area contributed by atoms with E-state index in [1.165, 1.54) is 4.90 Å². The van der Waals surface area contributed by atoms with Crippen molar-refractivity contribution in [3.63, 3.8) is 0 Å². The van der Waals surface area contributed by atoms with E-state index in [0.717, 1.165) is 12.8 Å². The molecule has 1 N–H and O–H groups in total. The maximum Gasteiger partial charge on any atom is 0.322 e. The molecule has 0 spiro atoms. The number of carbonyl (C=O) groups is 1. The van der Waals surface area contributed by atoms with Crippen LogP contribution in [0, 0.1) is 11.3 Å². The van der Waals surface area contributed by atoms with Gasteiger partial charge in [0.2, 0.25) is 0 Å². The standard InChI is InChI=1S/C12H11Cl2N3O/c13-10-4-3-8(6-11(10)14)16-12(18)17-5-1-2-9(17)7-15/h3-4,6,9H,1-2,5H2,(H,16,18). The van der Waals surface area contributed by atoms with E-state index in [0.29, 0.717) is 22.3 Å². The van der Waals surface area contributed by atoms with Crippen molar-refractivity contribution in [3.05, 3.63) is 28.2 Å². The topological polar surface area (TPSA) is 56.1 Å². The van der Waals surface area contributed by atoms with E-state index in [2.05, 4.69) is 11.4 Å². The van der Waals surface area contributed by atoms with Crippen LogP contribution in [0.5, 0.6) is 0 Å². The summed E-state index contributed by atoms with van der Waals surface area (Å²) in [5, 5.41) is 12.4. The third kappa shape index (κ3) is 2.69. The van der Waals surface area contributed by atoms with E-state index in [-0.39, 0.29) is 12.1 Å². The van der Waals surface area contributed by atoms with Crippen molar-refractivity contribution in [3.8, 4) is 6.07 Å². The van der Waals surface area contributed by atoms with E-state index >= 15 is 0 Å². The lowest BCUT2D eigenvalue weighted by atomic mass is 10.2. The van der Waals surface area contributed by atoms with E-state index in [1.807, 2.05) is 0 Å². The first-order valence-corrected chi connectivity index (χ1v) is 6.29. The number of anilines is 1. The molecule has 2 rings (SSSR count). The molecule has 1 aliphatic rings. The number of hydrogen-bond acceptors (Lipinski definition) is 2. The molecule has 1 fully saturated rings. The predicted octanol–water partition coefficient (Wildman–Crippen LogP) is 3.51. The van der Waals surface area contributed by atoms with Crippen LogP contribution in [0.15, 0.2) is 18.2 Å². The number of carbonyl (C=O) groups excluding carboxylic acids is 1. The van der Waals surface area contributed by atoms with Gasteiger partial charge in [0.15, 0.2) is 0 Å². The number of amides is 2. The number of nitriles is 1. The molecule has 6 heteroatoms. The molecule has 1 aromatic carbocycles. The first-order valence-electron chi connectivity index (χ1n) is 5.54. The molecule has 1 aliphatic heterocycles. The van der Waals surface area contributed by atoms with Gasteiger partial charge in [-0.05, 0) is 31.0 Å². The summed E-state index contributed by atoms with van der Waals surface area (Å²) in [6.07, 6.45) is 1.58. The van der Waals surface area contributed by atoms with Gasteiger partial charge in [-0.15, -0.1) is 0 Å². The molecule has 0 aromatic heterocycles. The smallest absolute Gasteiger partial charge is 0.308 e. The lowest BCUT2D eigenvalue weighted by Gasteiger charge is -2.20. The normalized spacial score (nSPS) is 18.5. The van der Waals surface area contributed by atoms with Gasteiger partial charge in [0.25, 0.3) is 0 Å². The Kier molecular flexibility index (Phi) is 3.95. The minimum absolute atomic E-state index is 0.280. The number of nitrogens with zero attached hydrogens (tertiary/aromatic N) is 2. The number of likely N-dealkylation sites (tertiary alicyclic amines) is 1. The maximum atomic E-state index is 12.0. The van der Waals surface area contributed by atoms with E-state index in [1.54, 1.807) is 18.2 Å². The zero-order chi connectivity index (χ0) is 13.1. The number of halogens is 2. The average molecular weight is 284 g/mol. The van der Waals surface area contributed by atoms with Gasteiger partial charge in [-0.1, -0.05) is 23.2 Å². The van der Waals surface area contributed by atoms with Crippen molar-refractivity contribution in [2.24, 2.45) is 0 Å². The number of urea groups is 1. The summed E-state index contributed by atoms with van der Waals surface area (Å²) in [6, 6.07) is 6.37. The van der Waals surface area contributed by atoms with Gasteiger partial charge in [0.05, 0.1) is 16.1 Å². The van der Waals surface area contributed by atoms with Crippen molar-refractivity contribution < 1.29 is 4.79 Å². The molecule has 1 atom stereocenters. The molecule has 1 aromatic rings. The van der Waals surface area contributed by atoms with Gasteiger partial charge in [-0.3, -0.25) is 0 Å². The van der Waals surface area contributed by atoms with Crippen molar-refractivity contribution in [2.75, 3.05) is 11.9 Å². The predicted molar refractivity (Wildman–Crippen MR) is 70.8 cm³/mol. The highest BCUT2D eigenvalue weighted by Crippen LogP contribution is 2.25. The van der Waals surface area contributed by atoms with Crippen molar-refractivity contribution >= 4 is 34.9 Å². The summed E-state index contributed by atoms with van der Waals surface area (Å²) in [4.78, 5) is 13.5. The van der Waals surface area contributed by atoms with E-state index in [9.17, 15) is 4.79 Å². The first kappa shape index (κ1) is 13.0. The van der Waals surface area contributed by atoms with Gasteiger partial charge in [0.1, 0.15) is 6.04 Å². The molecule has 0 aliphatic carbocycles. The van der Waals surface area contributed by atoms with Crippen LogP contribution >= 0.6 is 23.2 Å². The second-order valence-electron chi connectivity index (χ2n) is 4.04. The van der Waals surface area contributed by atoms with E-state index < -0.39 is 0 Å². The van der Waals surface area contributed by atoms with Crippen LogP contribution < -0.4 is 5.32 Å². The Morgan fingerprint density at radius 3 is 2.89 bits per heavy atom. The largest absolute Gasteiger partial charge is 0.322 e. The zero-order valence-corrected chi connectivity index (χ0v) is 11.0. The molecule has 0 saturated carbocycles. The third-order valence-corrected chi connectivity index (χ3v) is 3.57. The number of hydrogen-bond donors (Lipinski definition) is 1. The molecule has 4 nitrogen and oxygen atoms in total. The number of nitrogens with one attached hydrogen (secondary N) is 1. The summed E-state index contributed by atoms with van der Waals surface area (Å²) < 4.78 is 0. The first-order chi connectivity index (χ1) is 8.61. The van der Waals surface area contributed by atoms with Gasteiger partial charge in [0, 0.05) is 12.2 Å². The zero-order valence-electron chi connectivity index (χ0n) is 9.49. The van der Waals surface area contributed by atoms with Crippen LogP contribution in [0.4, 0.5) is 10.5 Å². The lowest BCUT2D eigenvalue weighted by Crippen LogP contribution is -2.37. The van der Waals surface area contributed by atoms with Crippen LogP contribution in [0.2, 0.25) is 10.0 Å². The highest BCUT2D eigenvalue weighted by atomic mass is 35.5. The third-order valence-electron chi connectivity index (χ3n) is 2.83. The van der Waals surface area contributed by atoms with Crippen LogP contribution in [0.3, 0.4) is 0 Å². The lowest BCUT2D eigenvalue weighted by molar-refractivity contribution is 0.215. The molecular weight excluding hydrogens is 273 g/mol. The SMILES string of the molecule is N#CC1CCCN1C(=O)Nc1ccc(Cl)c(Cl)c1. The van der Waals surface area contributed by atoms with Gasteiger partial charge in [-0.25, -0.2) is 4.79 Å². The monoisotopic (exact) mass is 283 g/mol. The van der Waals surface area contributed by atoms with Gasteiger partial charge in [-0.2, -0.15) is 5.26 Å². The van der Waals surface area contributed by atoms with E-state index in [4.69, 9.17) is 28.5 Å². The van der Waals surface area contributed by atoms with Crippen LogP contribution in [-0.2, 0) is 0 Å². The molecule has 1 saturated heterocycles. The Balaban J connectivity index is 2.07. The quantitative estimate of drug-likeness (QED) is 0.857. The van der Waals surface area contributed by atoms with Crippen LogP contribution in [0.25, 0.3) is 0 Å². The summed E-state index contributed by atoms with van der Waals surface area (Å²) in [6.45, 7) is 0.603. The molecule has 2 amide bonds. The summed E-state index contributed by atoms with van der Waals surface area (Å²) in [7, 11) is 0. The molecule has 1 heterocycles. The highest BCUT2D eigenvalue weighted by Gasteiger charge is 2.28. The number of rotatable bonds is 1. The molecule has 1 unspecified atom stereocenters. The molecule has 18 heavy (non-hydrogen) atoms. The Labute approximate surface area is 115 Å². The maximum absolute atomic E-state index is 12.0. The average Bonchev–Trinajstić information content (AvgIpc) is 2.82. The highest BCUT2D eigenvalue weighted by molar-refractivity contribution is 6.42. The Morgan fingerprint density at radius 2 is 2.22 bits per heavy atom. The Hall–Kier alpha value is -1.44. The van der Waals surface area contributed by atoms with Crippen molar-refractivity contribution in [1.29, 1.82) is 5.26 Å². The second kappa shape index (κ2) is 5.47. The fraction of sp³-hybridized carbons (Fsp3) is 0.333.